The average molecular weight is 180 g/mol. The zero-order chi connectivity index (χ0) is 8.73. The largest absolute Gasteiger partial charge is 0.314 e. The SMILES string of the molecule is C(CNC1CC1)CN1CC2(CC2)C1. The van der Waals surface area contributed by atoms with Crippen LogP contribution in [0.1, 0.15) is 32.1 Å². The molecule has 0 amide bonds. The molecule has 0 aromatic carbocycles. The maximum Gasteiger partial charge on any atom is 0.00682 e. The van der Waals surface area contributed by atoms with Gasteiger partial charge < -0.3 is 10.2 Å². The van der Waals surface area contributed by atoms with Gasteiger partial charge in [-0.05, 0) is 50.6 Å². The second-order valence-corrected chi connectivity index (χ2v) is 5.29. The summed E-state index contributed by atoms with van der Waals surface area (Å²) in [5.74, 6) is 0. The maximum atomic E-state index is 3.57. The minimum absolute atomic E-state index is 0.851. The highest BCUT2D eigenvalue weighted by molar-refractivity contribution is 5.04. The van der Waals surface area contributed by atoms with Gasteiger partial charge in [0.25, 0.3) is 0 Å². The molecule has 0 atom stereocenters. The molecule has 0 radical (unpaired) electrons. The van der Waals surface area contributed by atoms with E-state index in [4.69, 9.17) is 0 Å². The van der Waals surface area contributed by atoms with Crippen molar-refractivity contribution in [2.45, 2.75) is 38.1 Å². The van der Waals surface area contributed by atoms with Crippen molar-refractivity contribution in [1.82, 2.24) is 10.2 Å². The molecule has 3 aliphatic rings. The van der Waals surface area contributed by atoms with Crippen molar-refractivity contribution in [2.75, 3.05) is 26.2 Å². The van der Waals surface area contributed by atoms with Gasteiger partial charge in [0, 0.05) is 19.1 Å². The van der Waals surface area contributed by atoms with Gasteiger partial charge in [-0.2, -0.15) is 0 Å². The topological polar surface area (TPSA) is 15.3 Å². The molecule has 1 spiro atoms. The molecule has 74 valence electrons. The summed E-state index contributed by atoms with van der Waals surface area (Å²) in [6.45, 7) is 5.41. The van der Waals surface area contributed by atoms with Crippen LogP contribution in [0.15, 0.2) is 0 Å². The van der Waals surface area contributed by atoms with Crippen molar-refractivity contribution < 1.29 is 0 Å². The van der Waals surface area contributed by atoms with Crippen LogP contribution in [0.5, 0.6) is 0 Å². The lowest BCUT2D eigenvalue weighted by Crippen LogP contribution is -2.48. The van der Waals surface area contributed by atoms with Gasteiger partial charge in [-0.15, -0.1) is 0 Å². The van der Waals surface area contributed by atoms with E-state index in [-0.39, 0.29) is 0 Å². The second-order valence-electron chi connectivity index (χ2n) is 5.29. The van der Waals surface area contributed by atoms with Crippen LogP contribution in [-0.2, 0) is 0 Å². The molecule has 1 N–H and O–H groups in total. The van der Waals surface area contributed by atoms with Gasteiger partial charge >= 0.3 is 0 Å². The van der Waals surface area contributed by atoms with E-state index in [2.05, 4.69) is 10.2 Å². The number of hydrogen-bond acceptors (Lipinski definition) is 2. The summed E-state index contributed by atoms with van der Waals surface area (Å²) >= 11 is 0. The lowest BCUT2D eigenvalue weighted by atomic mass is 9.97. The Balaban J connectivity index is 1.23. The van der Waals surface area contributed by atoms with Crippen LogP contribution in [0, 0.1) is 5.41 Å². The maximum absolute atomic E-state index is 3.57. The normalized spacial score (nSPS) is 30.5. The molecule has 13 heavy (non-hydrogen) atoms. The quantitative estimate of drug-likeness (QED) is 0.640. The van der Waals surface area contributed by atoms with Crippen LogP contribution in [0.2, 0.25) is 0 Å². The first-order valence-corrected chi connectivity index (χ1v) is 5.82. The van der Waals surface area contributed by atoms with Crippen LogP contribution in [0.25, 0.3) is 0 Å². The molecule has 3 fully saturated rings. The van der Waals surface area contributed by atoms with Crippen molar-refractivity contribution >= 4 is 0 Å². The van der Waals surface area contributed by atoms with E-state index >= 15 is 0 Å². The highest BCUT2D eigenvalue weighted by atomic mass is 15.2. The first-order chi connectivity index (χ1) is 6.36. The number of nitrogens with one attached hydrogen (secondary N) is 1. The van der Waals surface area contributed by atoms with Crippen molar-refractivity contribution in [3.63, 3.8) is 0 Å². The molecule has 2 nitrogen and oxygen atoms in total. The molecule has 1 aliphatic heterocycles. The van der Waals surface area contributed by atoms with E-state index in [1.54, 1.807) is 0 Å². The Morgan fingerprint density at radius 2 is 2.00 bits per heavy atom. The third kappa shape index (κ3) is 1.89. The third-order valence-corrected chi connectivity index (χ3v) is 3.74. The zero-order valence-corrected chi connectivity index (χ0v) is 8.39. The number of rotatable bonds is 5. The molecule has 2 saturated carbocycles. The first kappa shape index (κ1) is 8.25. The van der Waals surface area contributed by atoms with Crippen LogP contribution < -0.4 is 5.32 Å². The number of nitrogens with zero attached hydrogens (tertiary/aromatic N) is 1. The highest BCUT2D eigenvalue weighted by Gasteiger charge is 2.51. The van der Waals surface area contributed by atoms with Gasteiger partial charge in [0.2, 0.25) is 0 Å². The van der Waals surface area contributed by atoms with Crippen LogP contribution in [0.4, 0.5) is 0 Å². The van der Waals surface area contributed by atoms with E-state index in [0.717, 1.165) is 11.5 Å². The Labute approximate surface area is 80.7 Å². The van der Waals surface area contributed by atoms with Gasteiger partial charge in [0.1, 0.15) is 0 Å². The molecule has 0 bridgehead atoms. The third-order valence-electron chi connectivity index (χ3n) is 3.74. The zero-order valence-electron chi connectivity index (χ0n) is 8.39. The molecular weight excluding hydrogens is 160 g/mol. The molecule has 3 rings (SSSR count). The minimum Gasteiger partial charge on any atom is -0.314 e. The average Bonchev–Trinajstić information content (AvgIpc) is 2.90. The van der Waals surface area contributed by atoms with Gasteiger partial charge in [0.15, 0.2) is 0 Å². The Morgan fingerprint density at radius 1 is 1.23 bits per heavy atom. The standard InChI is InChI=1S/C11H20N2/c1(6-12-10-2-3-10)7-13-8-11(9-13)4-5-11/h10,12H,1-9H2. The monoisotopic (exact) mass is 180 g/mol. The molecular formula is C11H20N2. The number of hydrogen-bond donors (Lipinski definition) is 1. The van der Waals surface area contributed by atoms with Gasteiger partial charge in [-0.25, -0.2) is 0 Å². The summed E-state index contributed by atoms with van der Waals surface area (Å²) in [6.07, 6.45) is 7.24. The van der Waals surface area contributed by atoms with Crippen molar-refractivity contribution in [3.8, 4) is 0 Å². The minimum atomic E-state index is 0.851. The summed E-state index contributed by atoms with van der Waals surface area (Å²) in [5, 5.41) is 3.57. The smallest absolute Gasteiger partial charge is 0.00682 e. The molecule has 1 heterocycles. The summed E-state index contributed by atoms with van der Waals surface area (Å²) < 4.78 is 0. The summed E-state index contributed by atoms with van der Waals surface area (Å²) in [7, 11) is 0. The Kier molecular flexibility index (Phi) is 1.88. The van der Waals surface area contributed by atoms with Crippen LogP contribution in [-0.4, -0.2) is 37.1 Å². The lowest BCUT2D eigenvalue weighted by Gasteiger charge is -2.40. The Bertz CT molecular complexity index is 186. The molecule has 0 aromatic rings. The molecule has 0 aromatic heterocycles. The van der Waals surface area contributed by atoms with Crippen LogP contribution in [0.3, 0.4) is 0 Å². The predicted molar refractivity (Wildman–Crippen MR) is 53.7 cm³/mol. The predicted octanol–water partition coefficient (Wildman–Crippen LogP) is 1.22. The van der Waals surface area contributed by atoms with Gasteiger partial charge in [0.05, 0.1) is 0 Å². The first-order valence-electron chi connectivity index (χ1n) is 5.82. The molecule has 0 unspecified atom stereocenters. The second kappa shape index (κ2) is 2.96. The lowest BCUT2D eigenvalue weighted by molar-refractivity contribution is 0.0807. The van der Waals surface area contributed by atoms with E-state index in [1.165, 1.54) is 58.3 Å². The van der Waals surface area contributed by atoms with Crippen molar-refractivity contribution in [3.05, 3.63) is 0 Å². The molecule has 2 aliphatic carbocycles. The van der Waals surface area contributed by atoms with Gasteiger partial charge in [-0.3, -0.25) is 0 Å². The number of likely N-dealkylation sites (tertiary alicyclic amines) is 1. The molecule has 2 heteroatoms. The van der Waals surface area contributed by atoms with E-state index in [9.17, 15) is 0 Å². The fourth-order valence-electron chi connectivity index (χ4n) is 2.45. The highest BCUT2D eigenvalue weighted by Crippen LogP contribution is 2.52. The van der Waals surface area contributed by atoms with E-state index in [1.807, 2.05) is 0 Å². The van der Waals surface area contributed by atoms with Crippen LogP contribution >= 0.6 is 0 Å². The van der Waals surface area contributed by atoms with E-state index in [0.29, 0.717) is 0 Å². The molecule has 1 saturated heterocycles. The van der Waals surface area contributed by atoms with Crippen molar-refractivity contribution in [1.29, 1.82) is 0 Å². The van der Waals surface area contributed by atoms with E-state index < -0.39 is 0 Å². The van der Waals surface area contributed by atoms with Crippen molar-refractivity contribution in [2.24, 2.45) is 5.41 Å². The summed E-state index contributed by atoms with van der Waals surface area (Å²) in [4.78, 5) is 2.63. The van der Waals surface area contributed by atoms with Gasteiger partial charge in [-0.1, -0.05) is 0 Å². The fraction of sp³-hybridized carbons (Fsp3) is 1.00. The summed E-state index contributed by atoms with van der Waals surface area (Å²) in [5.41, 5.74) is 0.851. The summed E-state index contributed by atoms with van der Waals surface area (Å²) in [6, 6.07) is 0.895. The Morgan fingerprint density at radius 3 is 2.62 bits per heavy atom. The fourth-order valence-corrected chi connectivity index (χ4v) is 2.45. The Hall–Kier alpha value is -0.0800.